The fourth-order valence-corrected chi connectivity index (χ4v) is 4.93. The van der Waals surface area contributed by atoms with Crippen molar-refractivity contribution in [3.8, 4) is 0 Å². The molecule has 2 atom stereocenters. The second kappa shape index (κ2) is 12.9. The van der Waals surface area contributed by atoms with Crippen molar-refractivity contribution in [2.75, 3.05) is 17.1 Å². The van der Waals surface area contributed by atoms with Crippen LogP contribution in [-0.2, 0) is 26.2 Å². The highest BCUT2D eigenvalue weighted by molar-refractivity contribution is 7.92. The molecule has 2 rings (SSSR count). The highest BCUT2D eigenvalue weighted by Crippen LogP contribution is 2.27. The standard InChI is InChI=1S/C24H29Cl3FN3O4S/c1-5-15(3)29-24(33)22(6-2)30(13-16-7-8-17(25)11-19(16)26)23(32)14-31(36(4,34)35)18-9-10-21(28)20(27)12-18/h7-12,15,22H,5-6,13-14H2,1-4H3,(H,29,33)/t15-,22-/m1/s1. The fraction of sp³-hybridized carbons (Fsp3) is 0.417. The van der Waals surface area contributed by atoms with Gasteiger partial charge in [-0.05, 0) is 55.7 Å². The maximum atomic E-state index is 13.7. The van der Waals surface area contributed by atoms with E-state index in [0.717, 1.165) is 22.7 Å². The first-order chi connectivity index (χ1) is 16.8. The lowest BCUT2D eigenvalue weighted by molar-refractivity contribution is -0.140. The quantitative estimate of drug-likeness (QED) is 0.392. The van der Waals surface area contributed by atoms with Crippen LogP contribution in [0, 0.1) is 5.82 Å². The van der Waals surface area contributed by atoms with Crippen molar-refractivity contribution < 1.29 is 22.4 Å². The van der Waals surface area contributed by atoms with E-state index in [1.807, 2.05) is 13.8 Å². The lowest BCUT2D eigenvalue weighted by Crippen LogP contribution is -2.53. The summed E-state index contributed by atoms with van der Waals surface area (Å²) in [5, 5.41) is 3.28. The fourth-order valence-electron chi connectivity index (χ4n) is 3.45. The molecular formula is C24H29Cl3FN3O4S. The first kappa shape index (κ1) is 30.2. The number of carbonyl (C=O) groups excluding carboxylic acids is 2. The highest BCUT2D eigenvalue weighted by atomic mass is 35.5. The maximum Gasteiger partial charge on any atom is 0.244 e. The van der Waals surface area contributed by atoms with Crippen LogP contribution in [0.4, 0.5) is 10.1 Å². The minimum Gasteiger partial charge on any atom is -0.352 e. The molecule has 0 bridgehead atoms. The SMILES string of the molecule is CC[C@@H](C)NC(=O)[C@@H](CC)N(Cc1ccc(Cl)cc1Cl)C(=O)CN(c1ccc(F)c(Cl)c1)S(C)(=O)=O. The van der Waals surface area contributed by atoms with Crippen LogP contribution in [0.1, 0.15) is 39.2 Å². The minimum absolute atomic E-state index is 0.0128. The van der Waals surface area contributed by atoms with Crippen molar-refractivity contribution in [3.63, 3.8) is 0 Å². The average Bonchev–Trinajstić information content (AvgIpc) is 2.79. The number of benzene rings is 2. The van der Waals surface area contributed by atoms with Crippen LogP contribution < -0.4 is 9.62 Å². The first-order valence-electron chi connectivity index (χ1n) is 11.2. The molecule has 12 heteroatoms. The average molecular weight is 581 g/mol. The molecule has 7 nitrogen and oxygen atoms in total. The molecule has 1 N–H and O–H groups in total. The van der Waals surface area contributed by atoms with Crippen molar-refractivity contribution in [3.05, 3.63) is 62.8 Å². The summed E-state index contributed by atoms with van der Waals surface area (Å²) in [6.07, 6.45) is 1.87. The summed E-state index contributed by atoms with van der Waals surface area (Å²) < 4.78 is 39.7. The van der Waals surface area contributed by atoms with Gasteiger partial charge < -0.3 is 10.2 Å². The van der Waals surface area contributed by atoms with Crippen LogP contribution in [0.5, 0.6) is 0 Å². The Morgan fingerprint density at radius 2 is 1.69 bits per heavy atom. The van der Waals surface area contributed by atoms with E-state index in [-0.39, 0.29) is 35.6 Å². The highest BCUT2D eigenvalue weighted by Gasteiger charge is 2.32. The lowest BCUT2D eigenvalue weighted by Gasteiger charge is -2.33. The summed E-state index contributed by atoms with van der Waals surface area (Å²) in [4.78, 5) is 28.0. The number of nitrogens with zero attached hydrogens (tertiary/aromatic N) is 2. The number of anilines is 1. The van der Waals surface area contributed by atoms with Gasteiger partial charge in [-0.2, -0.15) is 0 Å². The molecule has 0 heterocycles. The smallest absolute Gasteiger partial charge is 0.244 e. The number of amides is 2. The van der Waals surface area contributed by atoms with Crippen LogP contribution >= 0.6 is 34.8 Å². The molecule has 0 fully saturated rings. The zero-order chi connectivity index (χ0) is 27.2. The molecule has 36 heavy (non-hydrogen) atoms. The number of hydrogen-bond acceptors (Lipinski definition) is 4. The number of carbonyl (C=O) groups is 2. The maximum absolute atomic E-state index is 13.7. The monoisotopic (exact) mass is 579 g/mol. The van der Waals surface area contributed by atoms with Crippen molar-refractivity contribution in [1.29, 1.82) is 0 Å². The van der Waals surface area contributed by atoms with Gasteiger partial charge in [0.2, 0.25) is 21.8 Å². The lowest BCUT2D eigenvalue weighted by atomic mass is 10.1. The summed E-state index contributed by atoms with van der Waals surface area (Å²) in [7, 11) is -3.98. The van der Waals surface area contributed by atoms with E-state index in [1.165, 1.54) is 17.0 Å². The Balaban J connectivity index is 2.50. The van der Waals surface area contributed by atoms with Crippen LogP contribution in [-0.4, -0.2) is 50.0 Å². The van der Waals surface area contributed by atoms with Crippen molar-refractivity contribution in [2.24, 2.45) is 0 Å². The number of nitrogens with one attached hydrogen (secondary N) is 1. The van der Waals surface area contributed by atoms with Gasteiger partial charge in [0.25, 0.3) is 0 Å². The van der Waals surface area contributed by atoms with Crippen LogP contribution in [0.2, 0.25) is 15.1 Å². The molecule has 0 radical (unpaired) electrons. The zero-order valence-corrected chi connectivity index (χ0v) is 23.5. The van der Waals surface area contributed by atoms with Gasteiger partial charge in [0.15, 0.2) is 0 Å². The molecule has 2 amide bonds. The largest absolute Gasteiger partial charge is 0.352 e. The molecule has 0 spiro atoms. The van der Waals surface area contributed by atoms with Crippen LogP contribution in [0.3, 0.4) is 0 Å². The van der Waals surface area contributed by atoms with E-state index >= 15 is 0 Å². The summed E-state index contributed by atoms with van der Waals surface area (Å²) in [5.41, 5.74) is 0.541. The van der Waals surface area contributed by atoms with Gasteiger partial charge in [-0.1, -0.05) is 54.7 Å². The summed E-state index contributed by atoms with van der Waals surface area (Å²) in [6, 6.07) is 7.08. The number of rotatable bonds is 11. The Morgan fingerprint density at radius 1 is 1.03 bits per heavy atom. The Bertz CT molecular complexity index is 1210. The number of halogens is 4. The second-order valence-corrected chi connectivity index (χ2v) is 11.5. The van der Waals surface area contributed by atoms with Gasteiger partial charge in [0.05, 0.1) is 17.0 Å². The molecule has 2 aromatic carbocycles. The molecule has 0 saturated carbocycles. The molecule has 0 aliphatic rings. The third kappa shape index (κ3) is 7.96. The van der Waals surface area contributed by atoms with E-state index in [0.29, 0.717) is 22.0 Å². The molecule has 0 aliphatic carbocycles. The van der Waals surface area contributed by atoms with E-state index < -0.39 is 34.3 Å². The van der Waals surface area contributed by atoms with E-state index in [4.69, 9.17) is 34.8 Å². The van der Waals surface area contributed by atoms with Gasteiger partial charge in [0.1, 0.15) is 18.4 Å². The summed E-state index contributed by atoms with van der Waals surface area (Å²) in [6.45, 7) is 4.80. The van der Waals surface area contributed by atoms with Crippen LogP contribution in [0.15, 0.2) is 36.4 Å². The third-order valence-corrected chi connectivity index (χ3v) is 7.63. The normalized spacial score (nSPS) is 13.1. The zero-order valence-electron chi connectivity index (χ0n) is 20.4. The van der Waals surface area contributed by atoms with Crippen molar-refractivity contribution in [2.45, 2.75) is 52.2 Å². The third-order valence-electron chi connectivity index (χ3n) is 5.61. The Labute approximate surface area is 226 Å². The predicted octanol–water partition coefficient (Wildman–Crippen LogP) is 5.27. The molecule has 198 valence electrons. The minimum atomic E-state index is -3.98. The van der Waals surface area contributed by atoms with Gasteiger partial charge in [-0.3, -0.25) is 13.9 Å². The van der Waals surface area contributed by atoms with E-state index in [2.05, 4.69) is 5.32 Å². The molecule has 2 aromatic rings. The van der Waals surface area contributed by atoms with E-state index in [9.17, 15) is 22.4 Å². The predicted molar refractivity (Wildman–Crippen MR) is 143 cm³/mol. The Kier molecular flexibility index (Phi) is 10.8. The molecular weight excluding hydrogens is 552 g/mol. The molecule has 0 aliphatic heterocycles. The first-order valence-corrected chi connectivity index (χ1v) is 14.2. The summed E-state index contributed by atoms with van der Waals surface area (Å²) in [5.74, 6) is -1.76. The summed E-state index contributed by atoms with van der Waals surface area (Å²) >= 11 is 18.2. The Morgan fingerprint density at radius 3 is 2.22 bits per heavy atom. The van der Waals surface area contributed by atoms with Crippen molar-refractivity contribution >= 4 is 62.3 Å². The van der Waals surface area contributed by atoms with Gasteiger partial charge in [-0.15, -0.1) is 0 Å². The Hall–Kier alpha value is -2.07. The van der Waals surface area contributed by atoms with Gasteiger partial charge in [-0.25, -0.2) is 12.8 Å². The van der Waals surface area contributed by atoms with Crippen molar-refractivity contribution in [1.82, 2.24) is 10.2 Å². The van der Waals surface area contributed by atoms with Crippen LogP contribution in [0.25, 0.3) is 0 Å². The number of sulfonamides is 1. The molecule has 0 aromatic heterocycles. The van der Waals surface area contributed by atoms with Gasteiger partial charge in [0, 0.05) is 22.6 Å². The molecule has 0 unspecified atom stereocenters. The molecule has 0 saturated heterocycles. The van der Waals surface area contributed by atoms with Gasteiger partial charge >= 0.3 is 0 Å². The second-order valence-electron chi connectivity index (χ2n) is 8.37. The number of hydrogen-bond donors (Lipinski definition) is 1. The van der Waals surface area contributed by atoms with E-state index in [1.54, 1.807) is 19.1 Å². The topological polar surface area (TPSA) is 86.8 Å².